The zero-order valence-electron chi connectivity index (χ0n) is 10.5. The molecule has 0 aliphatic heterocycles. The molecule has 0 atom stereocenters. The number of aromatic nitrogens is 1. The molecule has 0 aliphatic carbocycles. The first-order valence-corrected chi connectivity index (χ1v) is 5.72. The van der Waals surface area contributed by atoms with Crippen molar-refractivity contribution < 1.29 is 13.9 Å². The zero-order chi connectivity index (χ0) is 12.7. The second kappa shape index (κ2) is 6.90. The summed E-state index contributed by atoms with van der Waals surface area (Å²) in [4.78, 5) is 17.4. The molecule has 1 heterocycles. The number of hydrogen-bond acceptors (Lipinski definition) is 6. The minimum atomic E-state index is -0.463. The molecule has 0 saturated carbocycles. The molecule has 0 spiro atoms. The van der Waals surface area contributed by atoms with Gasteiger partial charge >= 0.3 is 5.97 Å². The van der Waals surface area contributed by atoms with Gasteiger partial charge in [-0.2, -0.15) is 4.98 Å². The number of rotatable bonds is 7. The van der Waals surface area contributed by atoms with Crippen molar-refractivity contribution in [3.63, 3.8) is 0 Å². The number of carbonyl (C=O) groups is 1. The second-order valence-electron chi connectivity index (χ2n) is 3.58. The van der Waals surface area contributed by atoms with Crippen LogP contribution in [0.15, 0.2) is 10.7 Å². The van der Waals surface area contributed by atoms with E-state index in [9.17, 15) is 4.79 Å². The van der Waals surface area contributed by atoms with Crippen molar-refractivity contribution in [2.24, 2.45) is 0 Å². The van der Waals surface area contributed by atoms with E-state index < -0.39 is 5.97 Å². The summed E-state index contributed by atoms with van der Waals surface area (Å²) < 4.78 is 9.91. The van der Waals surface area contributed by atoms with Gasteiger partial charge in [-0.1, -0.05) is 6.92 Å². The molecule has 0 fully saturated rings. The van der Waals surface area contributed by atoms with Crippen molar-refractivity contribution in [1.29, 1.82) is 0 Å². The third-order valence-electron chi connectivity index (χ3n) is 2.30. The normalized spacial score (nSPS) is 10.6. The molecule has 0 aromatic carbocycles. The van der Waals surface area contributed by atoms with Crippen LogP contribution in [0.2, 0.25) is 0 Å². The summed E-state index contributed by atoms with van der Waals surface area (Å²) in [5, 5.41) is 3.00. The summed E-state index contributed by atoms with van der Waals surface area (Å²) in [7, 11) is 2.03. The Morgan fingerprint density at radius 2 is 2.35 bits per heavy atom. The van der Waals surface area contributed by atoms with Gasteiger partial charge in [-0.3, -0.25) is 0 Å². The Kier molecular flexibility index (Phi) is 5.48. The maximum absolute atomic E-state index is 11.3. The predicted octanol–water partition coefficient (Wildman–Crippen LogP) is 1.21. The van der Waals surface area contributed by atoms with E-state index in [1.807, 2.05) is 7.05 Å². The quantitative estimate of drug-likeness (QED) is 0.724. The molecule has 0 radical (unpaired) electrons. The Bertz CT molecular complexity index is 351. The highest BCUT2D eigenvalue weighted by Crippen LogP contribution is 2.08. The van der Waals surface area contributed by atoms with Crippen molar-refractivity contribution in [2.45, 2.75) is 13.8 Å². The highest BCUT2D eigenvalue weighted by Gasteiger charge is 2.12. The summed E-state index contributed by atoms with van der Waals surface area (Å²) >= 11 is 0. The molecule has 96 valence electrons. The number of esters is 1. The van der Waals surface area contributed by atoms with E-state index in [2.05, 4.69) is 22.1 Å². The van der Waals surface area contributed by atoms with Crippen molar-refractivity contribution in [2.75, 3.05) is 38.6 Å². The van der Waals surface area contributed by atoms with E-state index in [-0.39, 0.29) is 5.69 Å². The first-order valence-electron chi connectivity index (χ1n) is 5.72. The van der Waals surface area contributed by atoms with Gasteiger partial charge in [0.05, 0.1) is 6.61 Å². The van der Waals surface area contributed by atoms with Crippen molar-refractivity contribution in [3.05, 3.63) is 12.0 Å². The fourth-order valence-electron chi connectivity index (χ4n) is 1.17. The van der Waals surface area contributed by atoms with Gasteiger partial charge < -0.3 is 19.4 Å². The number of carbonyl (C=O) groups excluding carboxylic acids is 1. The number of oxazole rings is 1. The number of anilines is 1. The highest BCUT2D eigenvalue weighted by molar-refractivity contribution is 5.87. The van der Waals surface area contributed by atoms with Gasteiger partial charge in [-0.15, -0.1) is 0 Å². The van der Waals surface area contributed by atoms with E-state index in [1.165, 1.54) is 6.26 Å². The number of hydrogen-bond donors (Lipinski definition) is 1. The van der Waals surface area contributed by atoms with Crippen LogP contribution in [0.4, 0.5) is 6.01 Å². The standard InChI is InChI=1S/C11H19N3O3/c1-4-14(3)7-6-12-11-13-9(8-17-11)10(15)16-5-2/h8H,4-7H2,1-3H3,(H,12,13). The van der Waals surface area contributed by atoms with E-state index in [0.717, 1.165) is 13.1 Å². The Balaban J connectivity index is 2.38. The van der Waals surface area contributed by atoms with Crippen LogP contribution >= 0.6 is 0 Å². The maximum Gasteiger partial charge on any atom is 0.360 e. The Hall–Kier alpha value is -1.56. The maximum atomic E-state index is 11.3. The number of ether oxygens (including phenoxy) is 1. The van der Waals surface area contributed by atoms with Crippen molar-refractivity contribution in [1.82, 2.24) is 9.88 Å². The lowest BCUT2D eigenvalue weighted by Crippen LogP contribution is -2.24. The lowest BCUT2D eigenvalue weighted by atomic mass is 10.5. The van der Waals surface area contributed by atoms with Gasteiger partial charge in [0.15, 0.2) is 5.69 Å². The molecule has 0 unspecified atom stereocenters. The molecule has 1 N–H and O–H groups in total. The largest absolute Gasteiger partial charge is 0.461 e. The lowest BCUT2D eigenvalue weighted by molar-refractivity contribution is 0.0519. The van der Waals surface area contributed by atoms with E-state index in [1.54, 1.807) is 6.92 Å². The summed E-state index contributed by atoms with van der Waals surface area (Å²) in [6, 6.07) is 0.345. The number of likely N-dealkylation sites (N-methyl/N-ethyl adjacent to an activating group) is 1. The van der Waals surface area contributed by atoms with E-state index >= 15 is 0 Å². The van der Waals surface area contributed by atoms with Gasteiger partial charge in [0, 0.05) is 13.1 Å². The molecule has 0 bridgehead atoms. The minimum absolute atomic E-state index is 0.193. The van der Waals surface area contributed by atoms with Gasteiger partial charge in [-0.05, 0) is 20.5 Å². The average Bonchev–Trinajstić information content (AvgIpc) is 2.78. The highest BCUT2D eigenvalue weighted by atomic mass is 16.5. The minimum Gasteiger partial charge on any atom is -0.461 e. The summed E-state index contributed by atoms with van der Waals surface area (Å²) in [6.45, 7) is 6.75. The SMILES string of the molecule is CCOC(=O)c1coc(NCCN(C)CC)n1. The predicted molar refractivity (Wildman–Crippen MR) is 64.1 cm³/mol. The Labute approximate surface area is 101 Å². The van der Waals surface area contributed by atoms with Gasteiger partial charge in [0.1, 0.15) is 6.26 Å². The number of nitrogens with zero attached hydrogens (tertiary/aromatic N) is 2. The fourth-order valence-corrected chi connectivity index (χ4v) is 1.17. The molecular formula is C11H19N3O3. The molecule has 1 rings (SSSR count). The third kappa shape index (κ3) is 4.44. The van der Waals surface area contributed by atoms with Crippen LogP contribution in [0.5, 0.6) is 0 Å². The Morgan fingerprint density at radius 1 is 1.59 bits per heavy atom. The zero-order valence-corrected chi connectivity index (χ0v) is 10.5. The number of nitrogens with one attached hydrogen (secondary N) is 1. The van der Waals surface area contributed by atoms with Gasteiger partial charge in [-0.25, -0.2) is 4.79 Å². The van der Waals surface area contributed by atoms with Gasteiger partial charge in [0.25, 0.3) is 6.01 Å². The van der Waals surface area contributed by atoms with Crippen LogP contribution in [0.1, 0.15) is 24.3 Å². The third-order valence-corrected chi connectivity index (χ3v) is 2.30. The fraction of sp³-hybridized carbons (Fsp3) is 0.636. The molecule has 6 nitrogen and oxygen atoms in total. The molecule has 1 aromatic heterocycles. The molecule has 1 aromatic rings. The molecule has 0 saturated heterocycles. The van der Waals surface area contributed by atoms with Crippen LogP contribution in [0.3, 0.4) is 0 Å². The summed E-state index contributed by atoms with van der Waals surface area (Å²) in [5.74, 6) is -0.463. The van der Waals surface area contributed by atoms with Crippen LogP contribution in [0, 0.1) is 0 Å². The van der Waals surface area contributed by atoms with Crippen LogP contribution in [-0.4, -0.2) is 49.1 Å². The first-order chi connectivity index (χ1) is 8.17. The van der Waals surface area contributed by atoms with Crippen LogP contribution in [0.25, 0.3) is 0 Å². The monoisotopic (exact) mass is 241 g/mol. The summed E-state index contributed by atoms with van der Waals surface area (Å²) in [6.07, 6.45) is 1.30. The van der Waals surface area contributed by atoms with Gasteiger partial charge in [0.2, 0.25) is 0 Å². The molecule has 0 amide bonds. The lowest BCUT2D eigenvalue weighted by Gasteiger charge is -2.12. The molecule has 6 heteroatoms. The summed E-state index contributed by atoms with van der Waals surface area (Å²) in [5.41, 5.74) is 0.193. The van der Waals surface area contributed by atoms with Crippen LogP contribution in [-0.2, 0) is 4.74 Å². The molecular weight excluding hydrogens is 222 g/mol. The topological polar surface area (TPSA) is 67.6 Å². The smallest absolute Gasteiger partial charge is 0.360 e. The van der Waals surface area contributed by atoms with Crippen molar-refractivity contribution in [3.8, 4) is 0 Å². The van der Waals surface area contributed by atoms with Crippen molar-refractivity contribution >= 4 is 12.0 Å². The molecule has 17 heavy (non-hydrogen) atoms. The second-order valence-corrected chi connectivity index (χ2v) is 3.58. The Morgan fingerprint density at radius 3 is 3.00 bits per heavy atom. The van der Waals surface area contributed by atoms with E-state index in [4.69, 9.17) is 9.15 Å². The van der Waals surface area contributed by atoms with Crippen LogP contribution < -0.4 is 5.32 Å². The first kappa shape index (κ1) is 13.5. The average molecular weight is 241 g/mol. The van der Waals surface area contributed by atoms with E-state index in [0.29, 0.717) is 19.2 Å². The molecule has 0 aliphatic rings.